The maximum absolute atomic E-state index is 15.6. The van der Waals surface area contributed by atoms with Crippen molar-refractivity contribution in [3.8, 4) is 17.6 Å². The van der Waals surface area contributed by atoms with Crippen molar-refractivity contribution in [3.63, 3.8) is 0 Å². The summed E-state index contributed by atoms with van der Waals surface area (Å²) >= 11 is 0. The van der Waals surface area contributed by atoms with E-state index in [2.05, 4.69) is 17.9 Å². The number of anilines is 1. The number of aromatic hydroxyl groups is 1. The summed E-state index contributed by atoms with van der Waals surface area (Å²) in [5.41, 5.74) is 1.55. The van der Waals surface area contributed by atoms with Gasteiger partial charge in [-0.15, -0.1) is 0 Å². The molecule has 8 rings (SSSR count). The van der Waals surface area contributed by atoms with E-state index >= 15 is 4.79 Å². The maximum atomic E-state index is 15.6. The van der Waals surface area contributed by atoms with Gasteiger partial charge in [-0.3, -0.25) is 19.3 Å². The summed E-state index contributed by atoms with van der Waals surface area (Å²) < 4.78 is 16.9. The molecule has 11 heteroatoms. The van der Waals surface area contributed by atoms with Gasteiger partial charge in [-0.1, -0.05) is 90.7 Å². The number of carboxylic acids is 1. The number of benzene rings is 4. The number of esters is 1. The third kappa shape index (κ3) is 6.11. The van der Waals surface area contributed by atoms with Gasteiger partial charge in [-0.25, -0.2) is 9.69 Å². The van der Waals surface area contributed by atoms with Crippen molar-refractivity contribution < 1.29 is 43.6 Å². The van der Waals surface area contributed by atoms with E-state index in [0.29, 0.717) is 22.3 Å². The van der Waals surface area contributed by atoms with Gasteiger partial charge in [0.2, 0.25) is 5.91 Å². The summed E-state index contributed by atoms with van der Waals surface area (Å²) in [6.45, 7) is -0.106. The number of hydrogen-bond donors (Lipinski definition) is 2. The Hall–Kier alpha value is -6.22. The molecular weight excluding hydrogens is 712 g/mol. The van der Waals surface area contributed by atoms with E-state index in [0.717, 1.165) is 36.2 Å². The van der Waals surface area contributed by atoms with Crippen LogP contribution < -0.4 is 4.90 Å². The molecule has 2 fully saturated rings. The third-order valence-corrected chi connectivity index (χ3v) is 11.3. The van der Waals surface area contributed by atoms with E-state index in [-0.39, 0.29) is 30.2 Å². The number of rotatable bonds is 7. The Morgan fingerprint density at radius 2 is 1.57 bits per heavy atom. The first kappa shape index (κ1) is 36.7. The zero-order valence-electron chi connectivity index (χ0n) is 30.7. The summed E-state index contributed by atoms with van der Waals surface area (Å²) in [6, 6.07) is 26.1. The molecule has 3 aliphatic heterocycles. The van der Waals surface area contributed by atoms with E-state index < -0.39 is 59.5 Å². The number of carboxylic acid groups (broad SMARTS) is 1. The number of morpholine rings is 1. The minimum atomic E-state index is -2.11. The molecule has 6 atom stereocenters. The molecule has 4 aliphatic rings. The molecule has 2 amide bonds. The fourth-order valence-corrected chi connectivity index (χ4v) is 8.98. The van der Waals surface area contributed by atoms with Crippen LogP contribution in [0.15, 0.2) is 115 Å². The summed E-state index contributed by atoms with van der Waals surface area (Å²) in [5.74, 6) is 1.55. The van der Waals surface area contributed by atoms with E-state index in [9.17, 15) is 24.6 Å². The molecule has 0 bridgehead atoms. The smallest absolute Gasteiger partial charge is 0.421 e. The molecule has 0 radical (unpaired) electrons. The monoisotopic (exact) mass is 752 g/mol. The predicted octanol–water partition coefficient (Wildman–Crippen LogP) is 6.78. The van der Waals surface area contributed by atoms with Crippen LogP contribution in [-0.2, 0) is 34.0 Å². The van der Waals surface area contributed by atoms with Gasteiger partial charge in [0.25, 0.3) is 0 Å². The van der Waals surface area contributed by atoms with Crippen LogP contribution in [0.1, 0.15) is 71.7 Å². The SMILES string of the molecule is COCCOC(=O)N1C(=O)C2(c3cc(C#CC4=CCCCC4)ccc31)C(C(=O)O)C1C(=O)OC(c3ccccc3)C(c3ccccc3)N1C2c1ccc(O)cc1. The Kier molecular flexibility index (Phi) is 9.93. The highest BCUT2D eigenvalue weighted by Gasteiger charge is 2.76. The zero-order chi connectivity index (χ0) is 39.0. The van der Waals surface area contributed by atoms with Crippen LogP contribution in [-0.4, -0.2) is 65.4 Å². The highest BCUT2D eigenvalue weighted by Crippen LogP contribution is 2.66. The lowest BCUT2D eigenvalue weighted by Gasteiger charge is -2.46. The second kappa shape index (κ2) is 15.1. The first-order valence-corrected chi connectivity index (χ1v) is 18.7. The van der Waals surface area contributed by atoms with Crippen LogP contribution in [0.5, 0.6) is 5.75 Å². The minimum Gasteiger partial charge on any atom is -0.508 e. The van der Waals surface area contributed by atoms with Gasteiger partial charge in [0.15, 0.2) is 0 Å². The van der Waals surface area contributed by atoms with Crippen LogP contribution in [0.25, 0.3) is 0 Å². The molecule has 284 valence electrons. The molecule has 11 nitrogen and oxygen atoms in total. The van der Waals surface area contributed by atoms with Crippen LogP contribution in [0.4, 0.5) is 10.5 Å². The molecule has 0 aromatic heterocycles. The molecule has 6 unspecified atom stereocenters. The summed E-state index contributed by atoms with van der Waals surface area (Å²) in [4.78, 5) is 61.0. The fourth-order valence-electron chi connectivity index (χ4n) is 8.98. The number of nitrogens with zero attached hydrogens (tertiary/aromatic N) is 2. The normalized spacial score (nSPS) is 25.4. The number of phenolic OH excluding ortho intramolecular Hbond substituents is 1. The Morgan fingerprint density at radius 1 is 0.857 bits per heavy atom. The van der Waals surface area contributed by atoms with Gasteiger partial charge in [0.1, 0.15) is 35.8 Å². The van der Waals surface area contributed by atoms with Gasteiger partial charge < -0.3 is 24.4 Å². The molecule has 2 N–H and O–H groups in total. The third-order valence-electron chi connectivity index (χ3n) is 11.3. The average Bonchev–Trinajstić information content (AvgIpc) is 3.68. The van der Waals surface area contributed by atoms with E-state index in [4.69, 9.17) is 14.2 Å². The predicted molar refractivity (Wildman–Crippen MR) is 204 cm³/mol. The number of ether oxygens (including phenoxy) is 3. The molecular formula is C45H40N2O9. The van der Waals surface area contributed by atoms with E-state index in [1.54, 1.807) is 35.2 Å². The molecule has 4 aromatic carbocycles. The number of methoxy groups -OCH3 is 1. The minimum absolute atomic E-state index is 0.0527. The largest absolute Gasteiger partial charge is 0.508 e. The number of carbonyl (C=O) groups excluding carboxylic acids is 3. The van der Waals surface area contributed by atoms with Crippen molar-refractivity contribution in [2.24, 2.45) is 5.92 Å². The Bertz CT molecular complexity index is 2260. The van der Waals surface area contributed by atoms with Gasteiger partial charge >= 0.3 is 18.0 Å². The van der Waals surface area contributed by atoms with Gasteiger partial charge in [0, 0.05) is 12.7 Å². The molecule has 1 aliphatic carbocycles. The molecule has 2 saturated heterocycles. The van der Waals surface area contributed by atoms with Crippen molar-refractivity contribution in [2.45, 2.75) is 55.3 Å². The summed E-state index contributed by atoms with van der Waals surface area (Å²) in [7, 11) is 1.45. The Balaban J connectivity index is 1.42. The van der Waals surface area contributed by atoms with E-state index in [1.807, 2.05) is 60.7 Å². The van der Waals surface area contributed by atoms with E-state index in [1.165, 1.54) is 19.2 Å². The van der Waals surface area contributed by atoms with Crippen LogP contribution in [0, 0.1) is 17.8 Å². The number of aliphatic carboxylic acids is 1. The summed E-state index contributed by atoms with van der Waals surface area (Å²) in [6.07, 6.45) is 4.07. The zero-order valence-corrected chi connectivity index (χ0v) is 30.7. The second-order valence-electron chi connectivity index (χ2n) is 14.4. The molecule has 0 saturated carbocycles. The van der Waals surface area contributed by atoms with Gasteiger partial charge in [-0.2, -0.15) is 0 Å². The van der Waals surface area contributed by atoms with Gasteiger partial charge in [0.05, 0.1) is 24.4 Å². The average molecular weight is 753 g/mol. The highest BCUT2D eigenvalue weighted by atomic mass is 16.6. The van der Waals surface area contributed by atoms with Crippen LogP contribution in [0.2, 0.25) is 0 Å². The van der Waals surface area contributed by atoms with Crippen molar-refractivity contribution in [2.75, 3.05) is 25.2 Å². The topological polar surface area (TPSA) is 143 Å². The lowest BCUT2D eigenvalue weighted by Crippen LogP contribution is -2.53. The number of carbonyl (C=O) groups is 4. The maximum Gasteiger partial charge on any atom is 0.421 e. The second-order valence-corrected chi connectivity index (χ2v) is 14.4. The first-order chi connectivity index (χ1) is 27.2. The van der Waals surface area contributed by atoms with Gasteiger partial charge in [-0.05, 0) is 83.8 Å². The quantitative estimate of drug-likeness (QED) is 0.118. The standard InChI is InChI=1S/C45H40N2O9/c1-54-25-26-55-44(53)46-35-24-19-29(18-17-28-11-5-2-6-12-28)27-34(35)45(43(46)52)36(41(49)50)38-42(51)56-39(31-15-9-4-10-16-31)37(30-13-7-3-8-14-30)47(38)40(45)32-20-22-33(48)23-21-32/h3-4,7-11,13-16,19-24,27,36-40,48H,2,5-6,12,25-26H2,1H3,(H,49,50). The lowest BCUT2D eigenvalue weighted by atomic mass is 9.65. The first-order valence-electron chi connectivity index (χ1n) is 18.7. The number of cyclic esters (lactones) is 1. The number of fused-ring (bicyclic) bond motifs is 3. The van der Waals surface area contributed by atoms with Crippen molar-refractivity contribution in [3.05, 3.63) is 143 Å². The fraction of sp³-hybridized carbons (Fsp3) is 0.289. The lowest BCUT2D eigenvalue weighted by molar-refractivity contribution is -0.179. The van der Waals surface area contributed by atoms with Crippen molar-refractivity contribution in [1.82, 2.24) is 4.90 Å². The number of phenols is 1. The molecule has 56 heavy (non-hydrogen) atoms. The van der Waals surface area contributed by atoms with Crippen LogP contribution in [0.3, 0.4) is 0 Å². The van der Waals surface area contributed by atoms with Crippen molar-refractivity contribution in [1.29, 1.82) is 0 Å². The Morgan fingerprint density at radius 3 is 2.23 bits per heavy atom. The van der Waals surface area contributed by atoms with Crippen LogP contribution >= 0.6 is 0 Å². The molecule has 1 spiro atoms. The molecule has 4 aromatic rings. The molecule has 3 heterocycles. The number of allylic oxidation sites excluding steroid dienone is 2. The Labute approximate surface area is 324 Å². The summed E-state index contributed by atoms with van der Waals surface area (Å²) in [5, 5.41) is 21.9. The number of hydrogen-bond acceptors (Lipinski definition) is 9. The highest BCUT2D eigenvalue weighted by molar-refractivity contribution is 6.23. The van der Waals surface area contributed by atoms with Crippen molar-refractivity contribution >= 4 is 29.6 Å². The number of imide groups is 1. The number of amides is 2.